The van der Waals surface area contributed by atoms with Gasteiger partial charge in [-0.1, -0.05) is 6.07 Å². The summed E-state index contributed by atoms with van der Waals surface area (Å²) in [6.07, 6.45) is 1.48. The third kappa shape index (κ3) is 4.73. The summed E-state index contributed by atoms with van der Waals surface area (Å²) in [6, 6.07) is 10.1. The molecule has 2 N–H and O–H groups in total. The van der Waals surface area contributed by atoms with Crippen molar-refractivity contribution in [3.8, 4) is 0 Å². The minimum Gasteiger partial charge on any atom is -0.459 e. The first-order chi connectivity index (χ1) is 13.1. The summed E-state index contributed by atoms with van der Waals surface area (Å²) in [5, 5.41) is 5.36. The zero-order chi connectivity index (χ0) is 19.2. The maximum absolute atomic E-state index is 12.3. The number of benzene rings is 1. The van der Waals surface area contributed by atoms with Crippen LogP contribution in [0.2, 0.25) is 0 Å². The van der Waals surface area contributed by atoms with Gasteiger partial charge in [-0.2, -0.15) is 0 Å². The summed E-state index contributed by atoms with van der Waals surface area (Å²) in [5.41, 5.74) is 1.06. The van der Waals surface area contributed by atoms with E-state index in [1.807, 2.05) is 4.90 Å². The van der Waals surface area contributed by atoms with Gasteiger partial charge >= 0.3 is 0 Å². The van der Waals surface area contributed by atoms with Crippen LogP contribution in [0.4, 0.5) is 5.69 Å². The minimum absolute atomic E-state index is 0.130. The highest BCUT2D eigenvalue weighted by molar-refractivity contribution is 5.97. The molecule has 2 heterocycles. The lowest BCUT2D eigenvalue weighted by Crippen LogP contribution is -2.50. The van der Waals surface area contributed by atoms with Gasteiger partial charge in [0.1, 0.15) is 0 Å². The van der Waals surface area contributed by atoms with E-state index in [4.69, 9.17) is 4.42 Å². The zero-order valence-electron chi connectivity index (χ0n) is 15.1. The highest BCUT2D eigenvalue weighted by Crippen LogP contribution is 2.12. The van der Waals surface area contributed by atoms with Crippen LogP contribution < -0.4 is 10.6 Å². The van der Waals surface area contributed by atoms with Crippen LogP contribution in [0, 0.1) is 0 Å². The van der Waals surface area contributed by atoms with E-state index in [0.717, 1.165) is 0 Å². The molecule has 2 aromatic rings. The molecule has 0 aliphatic carbocycles. The predicted molar refractivity (Wildman–Crippen MR) is 99.5 cm³/mol. The van der Waals surface area contributed by atoms with Crippen molar-refractivity contribution in [3.63, 3.8) is 0 Å². The lowest BCUT2D eigenvalue weighted by Gasteiger charge is -2.33. The van der Waals surface area contributed by atoms with Gasteiger partial charge in [0.25, 0.3) is 11.8 Å². The Bertz CT molecular complexity index is 811. The van der Waals surface area contributed by atoms with Crippen LogP contribution in [-0.4, -0.2) is 67.3 Å². The molecule has 8 heteroatoms. The van der Waals surface area contributed by atoms with Gasteiger partial charge in [-0.25, -0.2) is 0 Å². The Hall–Kier alpha value is -3.13. The number of hydrogen-bond donors (Lipinski definition) is 2. The van der Waals surface area contributed by atoms with Crippen LogP contribution in [0.25, 0.3) is 0 Å². The molecule has 0 saturated carbocycles. The zero-order valence-corrected chi connectivity index (χ0v) is 15.1. The Morgan fingerprint density at radius 1 is 1.07 bits per heavy atom. The average Bonchev–Trinajstić information content (AvgIpc) is 3.22. The molecule has 0 radical (unpaired) electrons. The molecular formula is C19H22N4O4. The topological polar surface area (TPSA) is 94.9 Å². The normalized spacial score (nSPS) is 14.6. The molecule has 1 saturated heterocycles. The van der Waals surface area contributed by atoms with Crippen LogP contribution in [-0.2, 0) is 4.79 Å². The van der Waals surface area contributed by atoms with Crippen molar-refractivity contribution in [2.75, 3.05) is 45.1 Å². The lowest BCUT2D eigenvalue weighted by molar-refractivity contribution is -0.117. The molecule has 1 aliphatic rings. The van der Waals surface area contributed by atoms with E-state index in [-0.39, 0.29) is 24.3 Å². The van der Waals surface area contributed by atoms with E-state index < -0.39 is 0 Å². The third-order valence-electron chi connectivity index (χ3n) is 4.39. The van der Waals surface area contributed by atoms with Crippen molar-refractivity contribution < 1.29 is 18.8 Å². The predicted octanol–water partition coefficient (Wildman–Crippen LogP) is 1.04. The smallest absolute Gasteiger partial charge is 0.289 e. The number of hydrogen-bond acceptors (Lipinski definition) is 5. The second kappa shape index (κ2) is 8.50. The second-order valence-electron chi connectivity index (χ2n) is 6.25. The molecule has 0 unspecified atom stereocenters. The molecule has 0 bridgehead atoms. The Kier molecular flexibility index (Phi) is 5.87. The van der Waals surface area contributed by atoms with E-state index in [9.17, 15) is 14.4 Å². The second-order valence-corrected chi connectivity index (χ2v) is 6.25. The summed E-state index contributed by atoms with van der Waals surface area (Å²) in [6.45, 7) is 2.53. The van der Waals surface area contributed by atoms with E-state index >= 15 is 0 Å². The molecule has 0 spiro atoms. The van der Waals surface area contributed by atoms with Gasteiger partial charge in [-0.15, -0.1) is 0 Å². The molecule has 1 aliphatic heterocycles. The number of carbonyl (C=O) groups is 3. The monoisotopic (exact) mass is 370 g/mol. The van der Waals surface area contributed by atoms with E-state index in [0.29, 0.717) is 43.2 Å². The summed E-state index contributed by atoms with van der Waals surface area (Å²) in [4.78, 5) is 39.9. The average molecular weight is 370 g/mol. The molecule has 27 heavy (non-hydrogen) atoms. The van der Waals surface area contributed by atoms with Crippen LogP contribution in [0.5, 0.6) is 0 Å². The number of nitrogens with one attached hydrogen (secondary N) is 2. The molecular weight excluding hydrogens is 348 g/mol. The highest BCUT2D eigenvalue weighted by Gasteiger charge is 2.24. The number of rotatable bonds is 5. The summed E-state index contributed by atoms with van der Waals surface area (Å²) in [5.74, 6) is -0.161. The number of carbonyl (C=O) groups excluding carboxylic acids is 3. The van der Waals surface area contributed by atoms with Gasteiger partial charge in [0.15, 0.2) is 5.76 Å². The fourth-order valence-corrected chi connectivity index (χ4v) is 2.95. The van der Waals surface area contributed by atoms with Gasteiger partial charge in [-0.05, 0) is 30.3 Å². The fourth-order valence-electron chi connectivity index (χ4n) is 2.95. The number of piperazine rings is 1. The molecule has 1 aromatic carbocycles. The van der Waals surface area contributed by atoms with E-state index in [1.54, 1.807) is 48.3 Å². The van der Waals surface area contributed by atoms with Crippen molar-refractivity contribution in [1.29, 1.82) is 0 Å². The molecule has 142 valence electrons. The maximum Gasteiger partial charge on any atom is 0.289 e. The number of amides is 3. The quantitative estimate of drug-likeness (QED) is 0.820. The van der Waals surface area contributed by atoms with Gasteiger partial charge in [0.2, 0.25) is 5.91 Å². The van der Waals surface area contributed by atoms with Crippen molar-refractivity contribution in [2.45, 2.75) is 0 Å². The number of anilines is 1. The molecule has 3 rings (SSSR count). The first kappa shape index (κ1) is 18.7. The number of furan rings is 1. The van der Waals surface area contributed by atoms with Crippen LogP contribution >= 0.6 is 0 Å². The standard InChI is InChI=1S/C19H22N4O4/c1-20-18(25)14-4-2-5-15(12-14)21-17(24)13-22-7-9-23(10-8-22)19(26)16-6-3-11-27-16/h2-6,11-12H,7-10,13H2,1H3,(H,20,25)(H,21,24). The fraction of sp³-hybridized carbons (Fsp3) is 0.316. The van der Waals surface area contributed by atoms with E-state index in [2.05, 4.69) is 10.6 Å². The van der Waals surface area contributed by atoms with Gasteiger partial charge in [0.05, 0.1) is 12.8 Å². The van der Waals surface area contributed by atoms with Gasteiger partial charge in [-0.3, -0.25) is 19.3 Å². The van der Waals surface area contributed by atoms with Crippen molar-refractivity contribution in [3.05, 3.63) is 54.0 Å². The first-order valence-corrected chi connectivity index (χ1v) is 8.74. The molecule has 8 nitrogen and oxygen atoms in total. The first-order valence-electron chi connectivity index (χ1n) is 8.74. The summed E-state index contributed by atoms with van der Waals surface area (Å²) < 4.78 is 5.14. The Balaban J connectivity index is 1.48. The Morgan fingerprint density at radius 2 is 1.85 bits per heavy atom. The van der Waals surface area contributed by atoms with E-state index in [1.165, 1.54) is 6.26 Å². The SMILES string of the molecule is CNC(=O)c1cccc(NC(=O)CN2CCN(C(=O)c3ccco3)CC2)c1. The van der Waals surface area contributed by atoms with Crippen LogP contribution in [0.3, 0.4) is 0 Å². The number of nitrogens with zero attached hydrogens (tertiary/aromatic N) is 2. The Morgan fingerprint density at radius 3 is 2.52 bits per heavy atom. The van der Waals surface area contributed by atoms with Crippen LogP contribution in [0.1, 0.15) is 20.9 Å². The Labute approximate surface area is 157 Å². The van der Waals surface area contributed by atoms with Crippen molar-refractivity contribution in [2.24, 2.45) is 0 Å². The van der Waals surface area contributed by atoms with Crippen LogP contribution in [0.15, 0.2) is 47.1 Å². The molecule has 0 atom stereocenters. The third-order valence-corrected chi connectivity index (χ3v) is 4.39. The van der Waals surface area contributed by atoms with Gasteiger partial charge < -0.3 is 20.0 Å². The molecule has 3 amide bonds. The maximum atomic E-state index is 12.3. The largest absolute Gasteiger partial charge is 0.459 e. The lowest BCUT2D eigenvalue weighted by atomic mass is 10.2. The minimum atomic E-state index is -0.205. The molecule has 1 aromatic heterocycles. The van der Waals surface area contributed by atoms with Gasteiger partial charge in [0, 0.05) is 44.5 Å². The summed E-state index contributed by atoms with van der Waals surface area (Å²) in [7, 11) is 1.56. The highest BCUT2D eigenvalue weighted by atomic mass is 16.3. The molecule has 1 fully saturated rings. The van der Waals surface area contributed by atoms with Crippen molar-refractivity contribution >= 4 is 23.4 Å². The summed E-state index contributed by atoms with van der Waals surface area (Å²) >= 11 is 0. The van der Waals surface area contributed by atoms with Crippen molar-refractivity contribution in [1.82, 2.24) is 15.1 Å².